The summed E-state index contributed by atoms with van der Waals surface area (Å²) in [5.74, 6) is 1.03. The number of benzene rings is 1. The molecule has 178 valence electrons. The van der Waals surface area contributed by atoms with Crippen LogP contribution in [-0.2, 0) is 5.41 Å². The number of carbonyl (C=O) groups excluding carboxylic acids is 1. The quantitative estimate of drug-likeness (QED) is 0.476. The number of aromatic nitrogens is 3. The lowest BCUT2D eigenvalue weighted by Gasteiger charge is -2.33. The molecule has 0 saturated carbocycles. The first-order valence-corrected chi connectivity index (χ1v) is 12.2. The Bertz CT molecular complexity index is 1410. The third-order valence-corrected chi connectivity index (χ3v) is 7.43. The molecule has 0 spiro atoms. The zero-order valence-electron chi connectivity index (χ0n) is 20.4. The molecule has 1 fully saturated rings. The van der Waals surface area contributed by atoms with Crippen molar-refractivity contribution in [1.29, 1.82) is 0 Å². The van der Waals surface area contributed by atoms with Crippen molar-refractivity contribution in [3.8, 4) is 22.3 Å². The van der Waals surface area contributed by atoms with Gasteiger partial charge in [-0.15, -0.1) is 0 Å². The number of H-pyrrole nitrogens is 1. The number of nitrogens with zero attached hydrogens (tertiary/aromatic N) is 4. The van der Waals surface area contributed by atoms with Gasteiger partial charge >= 0.3 is 0 Å². The van der Waals surface area contributed by atoms with Crippen LogP contribution in [0.5, 0.6) is 0 Å². The molecule has 1 amide bonds. The van der Waals surface area contributed by atoms with E-state index in [1.807, 2.05) is 30.7 Å². The van der Waals surface area contributed by atoms with E-state index < -0.39 is 0 Å². The maximum absolute atomic E-state index is 12.4. The summed E-state index contributed by atoms with van der Waals surface area (Å²) in [4.78, 5) is 29.8. The fraction of sp³-hybridized carbons (Fsp3) is 0.321. The first-order chi connectivity index (χ1) is 16.9. The van der Waals surface area contributed by atoms with E-state index in [-0.39, 0.29) is 11.3 Å². The fourth-order valence-electron chi connectivity index (χ4n) is 5.14. The van der Waals surface area contributed by atoms with Crippen molar-refractivity contribution in [2.45, 2.75) is 19.3 Å². The Morgan fingerprint density at radius 1 is 0.886 bits per heavy atom. The molecule has 7 nitrogen and oxygen atoms in total. The van der Waals surface area contributed by atoms with Crippen LogP contribution in [0.15, 0.2) is 55.0 Å². The van der Waals surface area contributed by atoms with Gasteiger partial charge in [-0.3, -0.25) is 4.79 Å². The molecular weight excluding hydrogens is 436 g/mol. The van der Waals surface area contributed by atoms with Gasteiger partial charge in [0, 0.05) is 84.4 Å². The molecule has 0 bridgehead atoms. The van der Waals surface area contributed by atoms with Crippen LogP contribution in [0.1, 0.15) is 29.8 Å². The van der Waals surface area contributed by atoms with Crippen molar-refractivity contribution in [2.75, 3.05) is 44.7 Å². The Hall–Kier alpha value is -3.71. The third-order valence-electron chi connectivity index (χ3n) is 7.43. The van der Waals surface area contributed by atoms with Crippen LogP contribution in [0, 0.1) is 0 Å². The molecule has 5 heterocycles. The minimum absolute atomic E-state index is 0.00118. The molecule has 0 aliphatic carbocycles. The number of fused-ring (bicyclic) bond motifs is 2. The molecule has 2 N–H and O–H groups in total. The Labute approximate surface area is 205 Å². The molecule has 4 aromatic rings. The fourth-order valence-corrected chi connectivity index (χ4v) is 5.14. The number of carbonyl (C=O) groups is 1. The minimum Gasteiger partial charge on any atom is -0.354 e. The van der Waals surface area contributed by atoms with Gasteiger partial charge in [-0.05, 0) is 48.5 Å². The summed E-state index contributed by atoms with van der Waals surface area (Å²) in [6.07, 6.45) is 5.85. The van der Waals surface area contributed by atoms with Crippen LogP contribution in [0.25, 0.3) is 33.3 Å². The predicted molar refractivity (Wildman–Crippen MR) is 140 cm³/mol. The summed E-state index contributed by atoms with van der Waals surface area (Å²) in [7, 11) is 2.16. The number of nitrogens with one attached hydrogen (secondary N) is 2. The Morgan fingerprint density at radius 3 is 2.43 bits per heavy atom. The molecule has 0 atom stereocenters. The second-order valence-corrected chi connectivity index (χ2v) is 10.3. The third kappa shape index (κ3) is 3.86. The van der Waals surface area contributed by atoms with E-state index in [1.54, 1.807) is 0 Å². The van der Waals surface area contributed by atoms with Gasteiger partial charge in [0.05, 0.1) is 0 Å². The van der Waals surface area contributed by atoms with Gasteiger partial charge < -0.3 is 20.1 Å². The van der Waals surface area contributed by atoms with Gasteiger partial charge in [0.15, 0.2) is 0 Å². The van der Waals surface area contributed by atoms with Crippen molar-refractivity contribution >= 4 is 22.8 Å². The Balaban J connectivity index is 1.34. The zero-order valence-corrected chi connectivity index (χ0v) is 20.4. The summed E-state index contributed by atoms with van der Waals surface area (Å²) in [5.41, 5.74) is 6.82. The largest absolute Gasteiger partial charge is 0.354 e. The minimum atomic E-state index is -0.119. The van der Waals surface area contributed by atoms with Crippen LogP contribution in [-0.4, -0.2) is 65.5 Å². The van der Waals surface area contributed by atoms with Gasteiger partial charge in [0.25, 0.3) is 5.91 Å². The first-order valence-electron chi connectivity index (χ1n) is 12.2. The van der Waals surface area contributed by atoms with E-state index in [9.17, 15) is 4.79 Å². The van der Waals surface area contributed by atoms with Crippen LogP contribution < -0.4 is 10.2 Å². The highest BCUT2D eigenvalue weighted by molar-refractivity contribution is 6.00. The number of pyridine rings is 2. The van der Waals surface area contributed by atoms with E-state index in [2.05, 4.69) is 70.2 Å². The number of hydrogen-bond acceptors (Lipinski definition) is 5. The maximum Gasteiger partial charge on any atom is 0.251 e. The predicted octanol–water partition coefficient (Wildman–Crippen LogP) is 4.06. The second-order valence-electron chi connectivity index (χ2n) is 10.3. The molecule has 1 aromatic carbocycles. The molecule has 35 heavy (non-hydrogen) atoms. The van der Waals surface area contributed by atoms with Gasteiger partial charge in [-0.2, -0.15) is 0 Å². The highest BCUT2D eigenvalue weighted by Gasteiger charge is 2.31. The summed E-state index contributed by atoms with van der Waals surface area (Å²) in [6.45, 7) is 9.10. The molecule has 0 unspecified atom stereocenters. The topological polar surface area (TPSA) is 77.1 Å². The second kappa shape index (κ2) is 8.20. The number of likely N-dealkylation sites (N-methyl/N-ethyl adjacent to an activating group) is 1. The summed E-state index contributed by atoms with van der Waals surface area (Å²) in [6, 6.07) is 12.6. The van der Waals surface area contributed by atoms with E-state index in [4.69, 9.17) is 4.98 Å². The number of aromatic amines is 1. The van der Waals surface area contributed by atoms with Crippen molar-refractivity contribution in [3.63, 3.8) is 0 Å². The van der Waals surface area contributed by atoms with Crippen LogP contribution in [0.4, 0.5) is 5.82 Å². The van der Waals surface area contributed by atoms with E-state index in [1.165, 1.54) is 0 Å². The Morgan fingerprint density at radius 2 is 1.66 bits per heavy atom. The summed E-state index contributed by atoms with van der Waals surface area (Å²) in [5, 5.41) is 4.06. The molecule has 0 radical (unpaired) electrons. The summed E-state index contributed by atoms with van der Waals surface area (Å²) >= 11 is 0. The molecule has 6 rings (SSSR count). The number of rotatable bonds is 3. The van der Waals surface area contributed by atoms with Gasteiger partial charge in [-0.1, -0.05) is 19.9 Å². The zero-order chi connectivity index (χ0) is 24.2. The number of amides is 1. The molecule has 2 aliphatic rings. The number of anilines is 1. The lowest BCUT2D eigenvalue weighted by molar-refractivity contribution is 0.0930. The van der Waals surface area contributed by atoms with Crippen molar-refractivity contribution in [3.05, 3.63) is 66.1 Å². The molecular formula is C28H30N6O. The normalized spacial score (nSPS) is 17.9. The van der Waals surface area contributed by atoms with Crippen molar-refractivity contribution < 1.29 is 4.79 Å². The average molecular weight is 467 g/mol. The summed E-state index contributed by atoms with van der Waals surface area (Å²) < 4.78 is 0. The van der Waals surface area contributed by atoms with Crippen LogP contribution in [0.2, 0.25) is 0 Å². The molecule has 3 aromatic heterocycles. The number of piperazine rings is 1. The maximum atomic E-state index is 12.4. The smallest absolute Gasteiger partial charge is 0.251 e. The van der Waals surface area contributed by atoms with Crippen LogP contribution in [0.3, 0.4) is 0 Å². The average Bonchev–Trinajstić information content (AvgIpc) is 3.30. The SMILES string of the molecule is CN1CCN(c2ccc(-c3cnc4[nH]cc(-c5ccc6c(c5)C(C)(C)CNC6=O)c4c3)cn2)CC1. The first kappa shape index (κ1) is 21.8. The molecule has 2 aliphatic heterocycles. The van der Waals surface area contributed by atoms with Gasteiger partial charge in [0.1, 0.15) is 11.5 Å². The van der Waals surface area contributed by atoms with E-state index >= 15 is 0 Å². The van der Waals surface area contributed by atoms with E-state index in [0.717, 1.165) is 76.4 Å². The van der Waals surface area contributed by atoms with Gasteiger partial charge in [0.2, 0.25) is 0 Å². The lowest BCUT2D eigenvalue weighted by Crippen LogP contribution is -2.44. The highest BCUT2D eigenvalue weighted by atomic mass is 16.1. The highest BCUT2D eigenvalue weighted by Crippen LogP contribution is 2.36. The van der Waals surface area contributed by atoms with E-state index in [0.29, 0.717) is 6.54 Å². The Kier molecular flexibility index (Phi) is 5.11. The molecule has 1 saturated heterocycles. The number of hydrogen-bond donors (Lipinski definition) is 2. The van der Waals surface area contributed by atoms with Crippen LogP contribution >= 0.6 is 0 Å². The standard InChI is InChI=1S/C28H30N6O/c1-28(2)17-32-27(35)21-6-4-18(13-24(21)28)23-16-31-26-22(23)12-20(15-30-26)19-5-7-25(29-14-19)34-10-8-33(3)9-11-34/h4-7,12-16H,8-11,17H2,1-3H3,(H,30,31)(H,32,35). The van der Waals surface area contributed by atoms with Crippen molar-refractivity contribution in [1.82, 2.24) is 25.2 Å². The van der Waals surface area contributed by atoms with Crippen molar-refractivity contribution in [2.24, 2.45) is 0 Å². The van der Waals surface area contributed by atoms with Gasteiger partial charge in [-0.25, -0.2) is 9.97 Å². The monoisotopic (exact) mass is 466 g/mol. The lowest BCUT2D eigenvalue weighted by atomic mass is 9.78. The molecule has 7 heteroatoms.